The zero-order chi connectivity index (χ0) is 22.1. The van der Waals surface area contributed by atoms with E-state index in [9.17, 15) is 10.2 Å². The number of aliphatic hydroxyl groups excluding tert-OH is 1. The quantitative estimate of drug-likeness (QED) is 0.490. The molecule has 1 unspecified atom stereocenters. The van der Waals surface area contributed by atoms with E-state index in [0.717, 1.165) is 19.3 Å². The minimum atomic E-state index is -0.732. The van der Waals surface area contributed by atoms with Crippen LogP contribution in [0.4, 0.5) is 0 Å². The van der Waals surface area contributed by atoms with E-state index >= 15 is 0 Å². The van der Waals surface area contributed by atoms with Gasteiger partial charge in [0.1, 0.15) is 0 Å². The maximum atomic E-state index is 10.6. The zero-order valence-electron chi connectivity index (χ0n) is 20.0. The van der Waals surface area contributed by atoms with E-state index in [2.05, 4.69) is 52.5 Å². The van der Waals surface area contributed by atoms with Gasteiger partial charge in [-0.25, -0.2) is 0 Å². The standard InChI is InChI=1S/C28H44O2/c1-19(2)28(6,30)17-15-21(4)25-13-14-26-22(8-7-16-27(25,26)5)10-11-23-18-24(29)12-9-20(23)3/h10-11,15,17,19,21,24-26,29-30H,3,7-9,12-14,16,18H2,1-2,4-6H3/b17-15+,22-10+,23-11-/t21-,24-,25-,26+,27-,28?/m1/s1. The lowest BCUT2D eigenvalue weighted by atomic mass is 9.61. The van der Waals surface area contributed by atoms with Gasteiger partial charge in [0.2, 0.25) is 0 Å². The van der Waals surface area contributed by atoms with E-state index in [4.69, 9.17) is 0 Å². The van der Waals surface area contributed by atoms with Crippen molar-refractivity contribution in [1.82, 2.24) is 0 Å². The Hall–Kier alpha value is -1.12. The van der Waals surface area contributed by atoms with E-state index in [0.29, 0.717) is 23.2 Å². The molecule has 168 valence electrons. The fourth-order valence-corrected chi connectivity index (χ4v) is 6.21. The summed E-state index contributed by atoms with van der Waals surface area (Å²) in [6.07, 6.45) is 17.6. The van der Waals surface area contributed by atoms with Crippen LogP contribution >= 0.6 is 0 Å². The highest BCUT2D eigenvalue weighted by molar-refractivity contribution is 5.36. The highest BCUT2D eigenvalue weighted by Crippen LogP contribution is 2.59. The van der Waals surface area contributed by atoms with Crippen molar-refractivity contribution in [1.29, 1.82) is 0 Å². The fourth-order valence-electron chi connectivity index (χ4n) is 6.21. The van der Waals surface area contributed by atoms with Gasteiger partial charge in [-0.2, -0.15) is 0 Å². The summed E-state index contributed by atoms with van der Waals surface area (Å²) >= 11 is 0. The van der Waals surface area contributed by atoms with Crippen molar-refractivity contribution in [2.24, 2.45) is 29.1 Å². The number of hydrogen-bond donors (Lipinski definition) is 2. The Labute approximate surface area is 184 Å². The predicted octanol–water partition coefficient (Wildman–Crippen LogP) is 6.76. The second kappa shape index (κ2) is 9.17. The minimum absolute atomic E-state index is 0.205. The molecule has 3 rings (SSSR count). The molecule has 0 aromatic carbocycles. The summed E-state index contributed by atoms with van der Waals surface area (Å²) in [6.45, 7) is 15.2. The van der Waals surface area contributed by atoms with Gasteiger partial charge in [-0.1, -0.05) is 69.7 Å². The van der Waals surface area contributed by atoms with Crippen LogP contribution in [0.15, 0.2) is 47.6 Å². The van der Waals surface area contributed by atoms with E-state index in [-0.39, 0.29) is 12.0 Å². The fraction of sp³-hybridized carbons (Fsp3) is 0.714. The maximum absolute atomic E-state index is 10.6. The van der Waals surface area contributed by atoms with E-state index in [1.54, 1.807) is 5.57 Å². The molecule has 0 spiro atoms. The van der Waals surface area contributed by atoms with Gasteiger partial charge in [-0.15, -0.1) is 0 Å². The van der Waals surface area contributed by atoms with Gasteiger partial charge >= 0.3 is 0 Å². The summed E-state index contributed by atoms with van der Waals surface area (Å²) in [5.74, 6) is 2.04. The van der Waals surface area contributed by atoms with E-state index in [1.165, 1.54) is 43.3 Å². The van der Waals surface area contributed by atoms with Crippen LogP contribution in [0, 0.1) is 29.1 Å². The average Bonchev–Trinajstić information content (AvgIpc) is 3.04. The van der Waals surface area contributed by atoms with Crippen LogP contribution < -0.4 is 0 Å². The highest BCUT2D eigenvalue weighted by atomic mass is 16.3. The predicted molar refractivity (Wildman–Crippen MR) is 127 cm³/mol. The molecule has 0 saturated heterocycles. The molecule has 0 aromatic heterocycles. The molecule has 30 heavy (non-hydrogen) atoms. The Morgan fingerprint density at radius 1 is 1.13 bits per heavy atom. The summed E-state index contributed by atoms with van der Waals surface area (Å²) in [6, 6.07) is 0. The molecule has 3 fully saturated rings. The van der Waals surface area contributed by atoms with Gasteiger partial charge < -0.3 is 10.2 Å². The third kappa shape index (κ3) is 4.86. The van der Waals surface area contributed by atoms with E-state index < -0.39 is 5.60 Å². The lowest BCUT2D eigenvalue weighted by Gasteiger charge is -2.44. The monoisotopic (exact) mass is 412 g/mol. The van der Waals surface area contributed by atoms with Crippen molar-refractivity contribution in [2.75, 3.05) is 0 Å². The molecule has 0 aliphatic heterocycles. The van der Waals surface area contributed by atoms with Gasteiger partial charge in [0.05, 0.1) is 11.7 Å². The topological polar surface area (TPSA) is 40.5 Å². The van der Waals surface area contributed by atoms with Crippen LogP contribution in [0.25, 0.3) is 0 Å². The summed E-state index contributed by atoms with van der Waals surface area (Å²) in [5.41, 5.74) is 3.67. The van der Waals surface area contributed by atoms with Crippen LogP contribution in [0.1, 0.15) is 86.0 Å². The Kier molecular flexibility index (Phi) is 7.19. The van der Waals surface area contributed by atoms with Crippen molar-refractivity contribution in [3.05, 3.63) is 47.6 Å². The lowest BCUT2D eigenvalue weighted by Crippen LogP contribution is -2.36. The first-order chi connectivity index (χ1) is 14.0. The Morgan fingerprint density at radius 3 is 2.57 bits per heavy atom. The Balaban J connectivity index is 1.76. The first kappa shape index (κ1) is 23.5. The lowest BCUT2D eigenvalue weighted by molar-refractivity contribution is 0.0607. The van der Waals surface area contributed by atoms with Gasteiger partial charge in [0.15, 0.2) is 0 Å². The SMILES string of the molecule is C=C1CC[C@@H](O)C/C1=C/C=C1\CCC[C@]2(C)[C@@H]([C@H](C)/C=C/C(C)(O)C(C)C)CC[C@@H]12. The number of allylic oxidation sites excluding steroid dienone is 5. The van der Waals surface area contributed by atoms with E-state index in [1.807, 2.05) is 13.0 Å². The van der Waals surface area contributed by atoms with Gasteiger partial charge in [-0.3, -0.25) is 0 Å². The molecule has 0 heterocycles. The first-order valence-electron chi connectivity index (χ1n) is 12.2. The molecule has 3 aliphatic carbocycles. The van der Waals surface area contributed by atoms with Crippen molar-refractivity contribution in [2.45, 2.75) is 97.7 Å². The van der Waals surface area contributed by atoms with Crippen LogP contribution in [-0.2, 0) is 0 Å². The first-order valence-corrected chi connectivity index (χ1v) is 12.2. The number of fused-ring (bicyclic) bond motifs is 1. The van der Waals surface area contributed by atoms with Gasteiger partial charge in [-0.05, 0) is 93.0 Å². The van der Waals surface area contributed by atoms with Crippen molar-refractivity contribution < 1.29 is 10.2 Å². The van der Waals surface area contributed by atoms with Crippen molar-refractivity contribution >= 4 is 0 Å². The molecule has 0 bridgehead atoms. The number of aliphatic hydroxyl groups is 2. The molecule has 2 heteroatoms. The molecule has 2 nitrogen and oxygen atoms in total. The molecular formula is C28H44O2. The van der Waals surface area contributed by atoms with Crippen LogP contribution in [0.5, 0.6) is 0 Å². The molecule has 0 amide bonds. The molecule has 0 radical (unpaired) electrons. The molecule has 0 aromatic rings. The molecule has 6 atom stereocenters. The van der Waals surface area contributed by atoms with Gasteiger partial charge in [0, 0.05) is 0 Å². The zero-order valence-corrected chi connectivity index (χ0v) is 20.0. The van der Waals surface area contributed by atoms with Crippen LogP contribution in [-0.4, -0.2) is 21.9 Å². The largest absolute Gasteiger partial charge is 0.393 e. The van der Waals surface area contributed by atoms with Crippen LogP contribution in [0.2, 0.25) is 0 Å². The molecular weight excluding hydrogens is 368 g/mol. The summed E-state index contributed by atoms with van der Waals surface area (Å²) in [4.78, 5) is 0. The third-order valence-corrected chi connectivity index (χ3v) is 8.77. The van der Waals surface area contributed by atoms with Crippen molar-refractivity contribution in [3.63, 3.8) is 0 Å². The van der Waals surface area contributed by atoms with Gasteiger partial charge in [0.25, 0.3) is 0 Å². The summed E-state index contributed by atoms with van der Waals surface area (Å²) in [5, 5.41) is 20.7. The highest BCUT2D eigenvalue weighted by Gasteiger charge is 2.50. The molecule has 3 aliphatic rings. The third-order valence-electron chi connectivity index (χ3n) is 8.77. The molecule has 2 N–H and O–H groups in total. The molecule has 3 saturated carbocycles. The Morgan fingerprint density at radius 2 is 1.87 bits per heavy atom. The maximum Gasteiger partial charge on any atom is 0.0822 e. The Bertz CT molecular complexity index is 723. The average molecular weight is 413 g/mol. The van der Waals surface area contributed by atoms with Crippen molar-refractivity contribution in [3.8, 4) is 0 Å². The minimum Gasteiger partial charge on any atom is -0.393 e. The summed E-state index contributed by atoms with van der Waals surface area (Å²) < 4.78 is 0. The smallest absolute Gasteiger partial charge is 0.0822 e. The summed E-state index contributed by atoms with van der Waals surface area (Å²) in [7, 11) is 0. The second-order valence-corrected chi connectivity index (χ2v) is 11.1. The number of hydrogen-bond acceptors (Lipinski definition) is 2. The number of rotatable bonds is 5. The second-order valence-electron chi connectivity index (χ2n) is 11.1. The normalized spacial score (nSPS) is 38.4. The van der Waals surface area contributed by atoms with Crippen LogP contribution in [0.3, 0.4) is 0 Å².